The highest BCUT2D eigenvalue weighted by molar-refractivity contribution is 5.94. The Morgan fingerprint density at radius 2 is 1.80 bits per heavy atom. The Morgan fingerprint density at radius 1 is 1.15 bits per heavy atom. The van der Waals surface area contributed by atoms with Crippen molar-refractivity contribution in [1.29, 1.82) is 5.26 Å². The van der Waals surface area contributed by atoms with E-state index >= 15 is 0 Å². The number of ether oxygens (including phenoxy) is 1. The lowest BCUT2D eigenvalue weighted by Crippen LogP contribution is -2.17. The fraction of sp³-hybridized carbons (Fsp3) is 0.595. The van der Waals surface area contributed by atoms with Crippen molar-refractivity contribution in [2.45, 2.75) is 107 Å². The Morgan fingerprint density at radius 3 is 2.26 bits per heavy atom. The van der Waals surface area contributed by atoms with Gasteiger partial charge in [-0.2, -0.15) is 5.26 Å². The quantitative estimate of drug-likeness (QED) is 0.157. The molecular weight excluding hydrogens is 589 g/mol. The molecule has 1 saturated heterocycles. The summed E-state index contributed by atoms with van der Waals surface area (Å²) in [5.74, 6) is 1.43. The monoisotopic (exact) mass is 648 g/mol. The van der Waals surface area contributed by atoms with Gasteiger partial charge < -0.3 is 15.4 Å². The van der Waals surface area contributed by atoms with Crippen molar-refractivity contribution in [1.82, 2.24) is 9.88 Å². The number of nitriles is 1. The summed E-state index contributed by atoms with van der Waals surface area (Å²) < 4.78 is 41.1. The van der Waals surface area contributed by atoms with Gasteiger partial charge in [-0.25, -0.2) is 4.98 Å². The highest BCUT2D eigenvalue weighted by atomic mass is 19.4. The molecule has 0 radical (unpaired) electrons. The van der Waals surface area contributed by atoms with Crippen molar-refractivity contribution in [3.63, 3.8) is 0 Å². The van der Waals surface area contributed by atoms with Crippen molar-refractivity contribution >= 4 is 5.78 Å². The molecule has 0 bridgehead atoms. The second-order valence-corrected chi connectivity index (χ2v) is 11.1. The number of aromatic nitrogens is 1. The van der Waals surface area contributed by atoms with Crippen LogP contribution in [-0.2, 0) is 6.42 Å². The number of carbonyl (C=O) groups excluding carboxylic acids is 1. The van der Waals surface area contributed by atoms with E-state index in [0.717, 1.165) is 43.3 Å². The van der Waals surface area contributed by atoms with Crippen LogP contribution in [0.2, 0.25) is 0 Å². The summed E-state index contributed by atoms with van der Waals surface area (Å²) in [7, 11) is 1.50. The number of ketones is 1. The normalized spacial score (nSPS) is 14.9. The van der Waals surface area contributed by atoms with Crippen LogP contribution in [0.3, 0.4) is 0 Å². The summed E-state index contributed by atoms with van der Waals surface area (Å²) in [6.45, 7) is 20.4. The van der Waals surface area contributed by atoms with E-state index in [1.807, 2.05) is 24.8 Å². The SMILES string of the molecule is CC.CC1CCN(C#N)C1.CCC(C)Cc1ccc(-c2cccc(OC(F)(F)F)c2)nc1C(C)=O.CCC/C=C\C(C)CC.CN. The Labute approximate surface area is 277 Å². The molecule has 1 aliphatic rings. The lowest BCUT2D eigenvalue weighted by Gasteiger charge is -2.13. The summed E-state index contributed by atoms with van der Waals surface area (Å²) in [6.07, 6.45) is 8.65. The highest BCUT2D eigenvalue weighted by Crippen LogP contribution is 2.28. The molecule has 9 heteroatoms. The molecule has 2 aromatic rings. The highest BCUT2D eigenvalue weighted by Gasteiger charge is 2.31. The van der Waals surface area contributed by atoms with Gasteiger partial charge in [-0.15, -0.1) is 13.2 Å². The van der Waals surface area contributed by atoms with Gasteiger partial charge in [0, 0.05) is 25.6 Å². The number of unbranched alkanes of at least 4 members (excludes halogenated alkanes) is 1. The molecule has 1 aromatic heterocycles. The van der Waals surface area contributed by atoms with Crippen molar-refractivity contribution in [3.8, 4) is 23.2 Å². The molecule has 6 nitrogen and oxygen atoms in total. The van der Waals surface area contributed by atoms with Crippen LogP contribution in [0.1, 0.15) is 110 Å². The zero-order valence-corrected chi connectivity index (χ0v) is 29.9. The molecule has 2 N–H and O–H groups in total. The molecule has 0 aliphatic carbocycles. The zero-order valence-electron chi connectivity index (χ0n) is 29.9. The third-order valence-electron chi connectivity index (χ3n) is 7.07. The Kier molecular flexibility index (Phi) is 25.1. The number of allylic oxidation sites excluding steroid dienone is 2. The number of rotatable bonds is 10. The Hall–Kier alpha value is -3.38. The van der Waals surface area contributed by atoms with Crippen molar-refractivity contribution in [2.75, 3.05) is 20.1 Å². The molecular formula is C37H59F3N4O2. The topological polar surface area (TPSA) is 92.2 Å². The maximum absolute atomic E-state index is 12.4. The first-order valence-corrected chi connectivity index (χ1v) is 16.6. The van der Waals surface area contributed by atoms with Gasteiger partial charge in [-0.3, -0.25) is 4.79 Å². The number of hydrogen-bond donors (Lipinski definition) is 1. The Bertz CT molecular complexity index is 1160. The van der Waals surface area contributed by atoms with Gasteiger partial charge in [0.15, 0.2) is 12.0 Å². The fourth-order valence-corrected chi connectivity index (χ4v) is 4.15. The van der Waals surface area contributed by atoms with E-state index in [0.29, 0.717) is 22.9 Å². The van der Waals surface area contributed by atoms with E-state index in [-0.39, 0.29) is 11.5 Å². The maximum Gasteiger partial charge on any atom is 0.573 e. The van der Waals surface area contributed by atoms with Crippen LogP contribution in [0.15, 0.2) is 48.6 Å². The van der Waals surface area contributed by atoms with Crippen molar-refractivity contribution in [3.05, 3.63) is 59.8 Å². The van der Waals surface area contributed by atoms with Gasteiger partial charge >= 0.3 is 6.36 Å². The van der Waals surface area contributed by atoms with E-state index in [1.165, 1.54) is 57.9 Å². The summed E-state index contributed by atoms with van der Waals surface area (Å²) in [4.78, 5) is 18.1. The first kappa shape index (κ1) is 44.7. The molecule has 3 rings (SSSR count). The fourth-order valence-electron chi connectivity index (χ4n) is 4.15. The van der Waals surface area contributed by atoms with Gasteiger partial charge in [0.1, 0.15) is 11.4 Å². The van der Waals surface area contributed by atoms with Crippen LogP contribution in [0.25, 0.3) is 11.3 Å². The van der Waals surface area contributed by atoms with E-state index in [2.05, 4.69) is 75.3 Å². The van der Waals surface area contributed by atoms with Crippen LogP contribution < -0.4 is 10.5 Å². The second kappa shape index (κ2) is 25.8. The van der Waals surface area contributed by atoms with E-state index in [1.54, 1.807) is 12.1 Å². The van der Waals surface area contributed by atoms with Gasteiger partial charge in [-0.1, -0.05) is 105 Å². The summed E-state index contributed by atoms with van der Waals surface area (Å²) in [5.41, 5.74) is 6.61. The average Bonchev–Trinajstić information content (AvgIpc) is 3.48. The van der Waals surface area contributed by atoms with Crippen LogP contribution in [0, 0.1) is 29.2 Å². The number of nitrogens with two attached hydrogens (primary N) is 1. The number of Topliss-reactive ketones (excluding diaryl/α,β-unsaturated/α-hetero) is 1. The molecule has 3 atom stereocenters. The lowest BCUT2D eigenvalue weighted by molar-refractivity contribution is -0.274. The predicted octanol–water partition coefficient (Wildman–Crippen LogP) is 10.2. The molecule has 3 unspecified atom stereocenters. The molecule has 1 aromatic carbocycles. The molecule has 260 valence electrons. The van der Waals surface area contributed by atoms with Gasteiger partial charge in [-0.05, 0) is 67.8 Å². The number of likely N-dealkylation sites (tertiary alicyclic amines) is 1. The number of hydrogen-bond acceptors (Lipinski definition) is 6. The first-order chi connectivity index (χ1) is 21.8. The maximum atomic E-state index is 12.4. The molecule has 0 amide bonds. The number of alkyl halides is 3. The van der Waals surface area contributed by atoms with Crippen molar-refractivity contribution < 1.29 is 22.7 Å². The van der Waals surface area contributed by atoms with E-state index < -0.39 is 6.36 Å². The number of halogens is 3. The van der Waals surface area contributed by atoms with Crippen LogP contribution in [0.5, 0.6) is 5.75 Å². The standard InChI is InChI=1S/C19H20F3NO2.C9H18.C6H10N2.C2H6.CH5N/c1-4-12(2)10-15-8-9-17(23-18(15)13(3)24)14-6-5-7-16(11-14)25-19(20,21)22;1-4-6-7-8-9(3)5-2;1-6-2-3-8(4-6)5-7;2*1-2/h5-9,11-12H,4,10H2,1-3H3;7-9H,4-6H2,1-3H3;6H,2-4H2,1H3;1-2H3;2H2,1H3/b;8-7-;;;. The number of pyridine rings is 1. The minimum Gasteiger partial charge on any atom is -0.406 e. The summed E-state index contributed by atoms with van der Waals surface area (Å²) >= 11 is 0. The summed E-state index contributed by atoms with van der Waals surface area (Å²) in [6, 6.07) is 9.11. The van der Waals surface area contributed by atoms with Gasteiger partial charge in [0.25, 0.3) is 0 Å². The molecule has 0 saturated carbocycles. The number of carbonyl (C=O) groups is 1. The summed E-state index contributed by atoms with van der Waals surface area (Å²) in [5, 5.41) is 8.36. The largest absolute Gasteiger partial charge is 0.573 e. The van der Waals surface area contributed by atoms with Gasteiger partial charge in [0.05, 0.1) is 5.69 Å². The van der Waals surface area contributed by atoms with Crippen LogP contribution >= 0.6 is 0 Å². The third kappa shape index (κ3) is 19.9. The van der Waals surface area contributed by atoms with Crippen molar-refractivity contribution in [2.24, 2.45) is 23.5 Å². The smallest absolute Gasteiger partial charge is 0.406 e. The average molecular weight is 649 g/mol. The number of nitrogens with zero attached hydrogens (tertiary/aromatic N) is 3. The number of benzene rings is 1. The minimum atomic E-state index is -4.75. The molecule has 2 heterocycles. The van der Waals surface area contributed by atoms with E-state index in [9.17, 15) is 18.0 Å². The molecule has 1 aliphatic heterocycles. The molecule has 1 fully saturated rings. The molecule has 0 spiro atoms. The van der Waals surface area contributed by atoms with E-state index in [4.69, 9.17) is 5.26 Å². The molecule has 46 heavy (non-hydrogen) atoms. The Balaban J connectivity index is 0. The zero-order chi connectivity index (χ0) is 35.7. The minimum absolute atomic E-state index is 0.164. The van der Waals surface area contributed by atoms with Crippen LogP contribution in [-0.4, -0.2) is 42.2 Å². The first-order valence-electron chi connectivity index (χ1n) is 16.6. The second-order valence-electron chi connectivity index (χ2n) is 11.1. The van der Waals surface area contributed by atoms with Gasteiger partial charge in [0.2, 0.25) is 0 Å². The lowest BCUT2D eigenvalue weighted by atomic mass is 9.96. The third-order valence-corrected chi connectivity index (χ3v) is 7.07. The predicted molar refractivity (Wildman–Crippen MR) is 185 cm³/mol. The van der Waals surface area contributed by atoms with Crippen LogP contribution in [0.4, 0.5) is 13.2 Å².